The molecule has 6 heteroatoms. The first-order valence-corrected chi connectivity index (χ1v) is 6.54. The summed E-state index contributed by atoms with van der Waals surface area (Å²) in [7, 11) is 0. The van der Waals surface area contributed by atoms with Gasteiger partial charge in [-0.15, -0.1) is 0 Å². The van der Waals surface area contributed by atoms with E-state index in [1.165, 1.54) is 0 Å². The van der Waals surface area contributed by atoms with E-state index >= 15 is 0 Å². The Morgan fingerprint density at radius 1 is 1.26 bits per heavy atom. The standard InChI is InChI=1S/C13H14N4OS/c18-12-10-8-17(7-6-11(10)15-16-12)13(19)14-9-4-2-1-3-5-9/h1-5H,6-8H2,(H,14,19)(H2,15,16,18). The molecule has 98 valence electrons. The van der Waals surface area contributed by atoms with Crippen molar-refractivity contribution in [3.05, 3.63) is 51.9 Å². The minimum Gasteiger partial charge on any atom is -0.344 e. The van der Waals surface area contributed by atoms with Crippen LogP contribution in [-0.4, -0.2) is 26.8 Å². The fraction of sp³-hybridized carbons (Fsp3) is 0.231. The van der Waals surface area contributed by atoms with Crippen LogP contribution in [0, 0.1) is 0 Å². The monoisotopic (exact) mass is 274 g/mol. The van der Waals surface area contributed by atoms with Crippen molar-refractivity contribution in [2.75, 3.05) is 11.9 Å². The number of anilines is 1. The lowest BCUT2D eigenvalue weighted by Crippen LogP contribution is -2.39. The van der Waals surface area contributed by atoms with Gasteiger partial charge in [0.25, 0.3) is 5.56 Å². The van der Waals surface area contributed by atoms with E-state index in [0.717, 1.165) is 29.9 Å². The molecule has 0 spiro atoms. The Hall–Kier alpha value is -2.08. The molecule has 0 unspecified atom stereocenters. The molecule has 0 bridgehead atoms. The van der Waals surface area contributed by atoms with Crippen molar-refractivity contribution in [2.45, 2.75) is 13.0 Å². The molecule has 2 heterocycles. The van der Waals surface area contributed by atoms with Crippen molar-refractivity contribution in [2.24, 2.45) is 0 Å². The van der Waals surface area contributed by atoms with E-state index in [1.807, 2.05) is 35.2 Å². The van der Waals surface area contributed by atoms with Crippen LogP contribution in [-0.2, 0) is 13.0 Å². The maximum absolute atomic E-state index is 11.6. The molecule has 0 aliphatic carbocycles. The molecular formula is C13H14N4OS. The van der Waals surface area contributed by atoms with E-state index in [0.29, 0.717) is 11.7 Å². The van der Waals surface area contributed by atoms with Gasteiger partial charge in [-0.3, -0.25) is 9.89 Å². The normalized spacial score (nSPS) is 14.0. The third-order valence-corrected chi connectivity index (χ3v) is 3.62. The predicted molar refractivity (Wildman–Crippen MR) is 78.2 cm³/mol. The van der Waals surface area contributed by atoms with Crippen molar-refractivity contribution in [3.63, 3.8) is 0 Å². The highest BCUT2D eigenvalue weighted by Gasteiger charge is 2.22. The van der Waals surface area contributed by atoms with Gasteiger partial charge in [-0.25, -0.2) is 0 Å². The molecule has 0 atom stereocenters. The molecule has 0 amide bonds. The van der Waals surface area contributed by atoms with Crippen molar-refractivity contribution >= 4 is 23.0 Å². The number of benzene rings is 1. The van der Waals surface area contributed by atoms with E-state index in [1.54, 1.807) is 0 Å². The third kappa shape index (κ3) is 2.39. The molecule has 19 heavy (non-hydrogen) atoms. The van der Waals surface area contributed by atoms with Crippen molar-refractivity contribution in [1.82, 2.24) is 15.1 Å². The molecule has 2 aromatic rings. The number of aromatic nitrogens is 2. The van der Waals surface area contributed by atoms with Gasteiger partial charge < -0.3 is 15.3 Å². The first-order chi connectivity index (χ1) is 9.24. The van der Waals surface area contributed by atoms with Crippen LogP contribution in [0.25, 0.3) is 0 Å². The molecule has 0 saturated carbocycles. The summed E-state index contributed by atoms with van der Waals surface area (Å²) in [5, 5.41) is 9.36. The summed E-state index contributed by atoms with van der Waals surface area (Å²) < 4.78 is 0. The number of fused-ring (bicyclic) bond motifs is 1. The van der Waals surface area contributed by atoms with Crippen molar-refractivity contribution < 1.29 is 0 Å². The molecule has 3 N–H and O–H groups in total. The second-order valence-corrected chi connectivity index (χ2v) is 4.89. The lowest BCUT2D eigenvalue weighted by Gasteiger charge is -2.28. The van der Waals surface area contributed by atoms with Gasteiger partial charge in [-0.1, -0.05) is 18.2 Å². The number of nitrogens with one attached hydrogen (secondary N) is 3. The minimum absolute atomic E-state index is 0.0535. The molecule has 5 nitrogen and oxygen atoms in total. The van der Waals surface area contributed by atoms with E-state index in [-0.39, 0.29) is 5.56 Å². The second kappa shape index (κ2) is 4.89. The zero-order chi connectivity index (χ0) is 13.2. The zero-order valence-corrected chi connectivity index (χ0v) is 11.1. The first kappa shape index (κ1) is 12.0. The maximum Gasteiger partial charge on any atom is 0.269 e. The Labute approximate surface area is 115 Å². The van der Waals surface area contributed by atoms with Gasteiger partial charge >= 0.3 is 0 Å². The lowest BCUT2D eigenvalue weighted by molar-refractivity contribution is 0.396. The first-order valence-electron chi connectivity index (χ1n) is 6.13. The Kier molecular flexibility index (Phi) is 3.08. The quantitative estimate of drug-likeness (QED) is 0.689. The molecule has 1 aliphatic heterocycles. The molecular weight excluding hydrogens is 260 g/mol. The molecule has 3 rings (SSSR count). The summed E-state index contributed by atoms with van der Waals surface area (Å²) in [5.41, 5.74) is 2.68. The van der Waals surface area contributed by atoms with Crippen LogP contribution < -0.4 is 10.9 Å². The topological polar surface area (TPSA) is 63.9 Å². The van der Waals surface area contributed by atoms with Crippen LogP contribution in [0.4, 0.5) is 5.69 Å². The van der Waals surface area contributed by atoms with E-state index in [4.69, 9.17) is 12.2 Å². The van der Waals surface area contributed by atoms with E-state index < -0.39 is 0 Å². The fourth-order valence-electron chi connectivity index (χ4n) is 2.21. The molecule has 1 aliphatic rings. The zero-order valence-electron chi connectivity index (χ0n) is 10.3. The minimum atomic E-state index is -0.0535. The number of hydrogen-bond donors (Lipinski definition) is 3. The molecule has 1 aromatic carbocycles. The van der Waals surface area contributed by atoms with Gasteiger partial charge in [0.15, 0.2) is 5.11 Å². The molecule has 1 aromatic heterocycles. The number of hydrogen-bond acceptors (Lipinski definition) is 2. The second-order valence-electron chi connectivity index (χ2n) is 4.50. The maximum atomic E-state index is 11.6. The summed E-state index contributed by atoms with van der Waals surface area (Å²) in [4.78, 5) is 13.6. The highest BCUT2D eigenvalue weighted by Crippen LogP contribution is 2.15. The van der Waals surface area contributed by atoms with Crippen LogP contribution in [0.15, 0.2) is 35.1 Å². The van der Waals surface area contributed by atoms with E-state index in [9.17, 15) is 4.79 Å². The number of rotatable bonds is 1. The van der Waals surface area contributed by atoms with Gasteiger partial charge in [0.1, 0.15) is 0 Å². The summed E-state index contributed by atoms with van der Waals surface area (Å²) in [6.45, 7) is 1.35. The van der Waals surface area contributed by atoms with Crippen molar-refractivity contribution in [1.29, 1.82) is 0 Å². The summed E-state index contributed by atoms with van der Waals surface area (Å²) >= 11 is 5.39. The van der Waals surface area contributed by atoms with Crippen LogP contribution >= 0.6 is 12.2 Å². The van der Waals surface area contributed by atoms with Gasteiger partial charge in [0, 0.05) is 24.3 Å². The predicted octanol–water partition coefficient (Wildman–Crippen LogP) is 1.46. The van der Waals surface area contributed by atoms with Crippen LogP contribution in [0.1, 0.15) is 11.3 Å². The number of H-pyrrole nitrogens is 2. The smallest absolute Gasteiger partial charge is 0.269 e. The molecule has 0 saturated heterocycles. The highest BCUT2D eigenvalue weighted by molar-refractivity contribution is 7.80. The summed E-state index contributed by atoms with van der Waals surface area (Å²) in [6, 6.07) is 9.79. The highest BCUT2D eigenvalue weighted by atomic mass is 32.1. The van der Waals surface area contributed by atoms with Gasteiger partial charge in [0.05, 0.1) is 12.1 Å². The van der Waals surface area contributed by atoms with Gasteiger partial charge in [-0.05, 0) is 24.4 Å². The molecule has 0 fully saturated rings. The Bertz CT molecular complexity index is 646. The summed E-state index contributed by atoms with van der Waals surface area (Å²) in [6.07, 6.45) is 0.796. The van der Waals surface area contributed by atoms with Gasteiger partial charge in [0.2, 0.25) is 0 Å². The lowest BCUT2D eigenvalue weighted by atomic mass is 10.1. The summed E-state index contributed by atoms with van der Waals surface area (Å²) in [5.74, 6) is 0. The Balaban J connectivity index is 1.73. The Morgan fingerprint density at radius 3 is 2.84 bits per heavy atom. The average Bonchev–Trinajstić information content (AvgIpc) is 2.81. The largest absolute Gasteiger partial charge is 0.344 e. The van der Waals surface area contributed by atoms with Crippen LogP contribution in [0.5, 0.6) is 0 Å². The van der Waals surface area contributed by atoms with Crippen LogP contribution in [0.3, 0.4) is 0 Å². The number of thiocarbonyl (C=S) groups is 1. The average molecular weight is 274 g/mol. The number of aromatic amines is 2. The van der Waals surface area contributed by atoms with Crippen LogP contribution in [0.2, 0.25) is 0 Å². The van der Waals surface area contributed by atoms with Crippen molar-refractivity contribution in [3.8, 4) is 0 Å². The fourth-order valence-corrected chi connectivity index (χ4v) is 2.49. The SMILES string of the molecule is O=c1[nH][nH]c2c1CN(C(=S)Nc1ccccc1)CC2. The Morgan fingerprint density at radius 2 is 2.05 bits per heavy atom. The third-order valence-electron chi connectivity index (χ3n) is 3.26. The number of para-hydroxylation sites is 1. The molecule has 0 radical (unpaired) electrons. The van der Waals surface area contributed by atoms with E-state index in [2.05, 4.69) is 15.5 Å². The number of nitrogens with zero attached hydrogens (tertiary/aromatic N) is 1. The van der Waals surface area contributed by atoms with Gasteiger partial charge in [-0.2, -0.15) is 0 Å².